The molecule has 2 atom stereocenters. The van der Waals surface area contributed by atoms with Gasteiger partial charge in [-0.3, -0.25) is 0 Å². The van der Waals surface area contributed by atoms with Crippen molar-refractivity contribution in [2.75, 3.05) is 0 Å². The van der Waals surface area contributed by atoms with Crippen molar-refractivity contribution < 1.29 is 0 Å². The highest BCUT2D eigenvalue weighted by molar-refractivity contribution is 8.79. The van der Waals surface area contributed by atoms with Crippen LogP contribution in [0, 0.1) is 0 Å². The molecule has 0 nitrogen and oxygen atoms in total. The Hall–Kier alpha value is 0.507. The normalized spacial score (nSPS) is 31.6. The van der Waals surface area contributed by atoms with Gasteiger partial charge in [-0.15, -0.1) is 11.4 Å². The first-order valence-electron chi connectivity index (χ1n) is 4.69. The van der Waals surface area contributed by atoms with Crippen molar-refractivity contribution in [3.05, 3.63) is 35.9 Å². The summed E-state index contributed by atoms with van der Waals surface area (Å²) in [5.41, 5.74) is 1.45. The Morgan fingerprint density at radius 2 is 1.71 bits per heavy atom. The van der Waals surface area contributed by atoms with E-state index in [-0.39, 0.29) is 6.48 Å². The van der Waals surface area contributed by atoms with Gasteiger partial charge in [0.1, 0.15) is 0 Å². The van der Waals surface area contributed by atoms with E-state index in [1.54, 1.807) is 0 Å². The molecule has 4 heteroatoms. The number of halogens is 1. The minimum absolute atomic E-state index is 0.325. The van der Waals surface area contributed by atoms with E-state index in [0.29, 0.717) is 4.11 Å². The van der Waals surface area contributed by atoms with Gasteiger partial charge in [0.25, 0.3) is 0 Å². The van der Waals surface area contributed by atoms with Crippen molar-refractivity contribution in [2.45, 2.75) is 23.8 Å². The van der Waals surface area contributed by atoms with Gasteiger partial charge in [0, 0.05) is 0 Å². The minimum Gasteiger partial charge on any atom is -0.101 e. The molecule has 2 rings (SSSR count). The topological polar surface area (TPSA) is 0 Å². The summed E-state index contributed by atoms with van der Waals surface area (Å²) in [6, 6.07) is 10.8. The maximum absolute atomic E-state index is 6.39. The van der Waals surface area contributed by atoms with Crippen LogP contribution in [0.4, 0.5) is 0 Å². The van der Waals surface area contributed by atoms with Crippen molar-refractivity contribution in [3.8, 4) is 0 Å². The predicted molar refractivity (Wildman–Crippen MR) is 71.8 cm³/mol. The van der Waals surface area contributed by atoms with Crippen LogP contribution in [0.5, 0.6) is 0 Å². The molecule has 0 aromatic heterocycles. The number of hydrogen-bond acceptors (Lipinski definition) is 1. The average Bonchev–Trinajstić information content (AvgIpc) is 2.79. The van der Waals surface area contributed by atoms with Crippen molar-refractivity contribution in [1.29, 1.82) is 0 Å². The van der Waals surface area contributed by atoms with Crippen LogP contribution >= 0.6 is 29.1 Å². The van der Waals surface area contributed by atoms with Gasteiger partial charge >= 0.3 is 0 Å². The average molecular weight is 261 g/mol. The van der Waals surface area contributed by atoms with Gasteiger partial charge in [-0.25, -0.2) is 0 Å². The molecule has 0 N–H and O–H groups in total. The molecule has 0 radical (unpaired) electrons. The van der Waals surface area contributed by atoms with Gasteiger partial charge in [0.15, 0.2) is 0 Å². The second-order valence-electron chi connectivity index (χ2n) is 4.60. The lowest BCUT2D eigenvalue weighted by Crippen LogP contribution is -2.36. The fourth-order valence-electron chi connectivity index (χ4n) is 1.75. The zero-order chi connectivity index (χ0) is 10.4. The van der Waals surface area contributed by atoms with E-state index < -0.39 is 8.07 Å². The molecule has 14 heavy (non-hydrogen) atoms. The molecular weight excluding hydrogens is 247 g/mol. The summed E-state index contributed by atoms with van der Waals surface area (Å²) in [7, 11) is -1.22. The third-order valence-electron chi connectivity index (χ3n) is 2.61. The fourth-order valence-corrected chi connectivity index (χ4v) is 18.6. The Labute approximate surface area is 96.7 Å². The zero-order valence-electron chi connectivity index (χ0n) is 8.62. The van der Waals surface area contributed by atoms with Crippen LogP contribution < -0.4 is 0 Å². The molecule has 0 aliphatic carbocycles. The van der Waals surface area contributed by atoms with Crippen molar-refractivity contribution in [2.24, 2.45) is 0 Å². The summed E-state index contributed by atoms with van der Waals surface area (Å²) >= 11 is 8.38. The molecule has 1 fully saturated rings. The largest absolute Gasteiger partial charge is 0.101 e. The van der Waals surface area contributed by atoms with E-state index in [1.165, 1.54) is 5.56 Å². The highest BCUT2D eigenvalue weighted by Crippen LogP contribution is 2.95. The fraction of sp³-hybridized carbons (Fsp3) is 0.400. The van der Waals surface area contributed by atoms with Gasteiger partial charge in [-0.2, -0.15) is 0 Å². The Bertz CT molecular complexity index is 338. The molecule has 0 amide bonds. The number of hydrogen-bond donors (Lipinski definition) is 0. The molecule has 2 unspecified atom stereocenters. The van der Waals surface area contributed by atoms with Crippen LogP contribution in [0.1, 0.15) is 5.56 Å². The van der Waals surface area contributed by atoms with Gasteiger partial charge in [0.2, 0.25) is 0 Å². The first-order valence-corrected chi connectivity index (χ1v) is 11.9. The number of rotatable bonds is 2. The molecule has 0 bridgehead atoms. The maximum Gasteiger partial charge on any atom is 0.0798 e. The van der Waals surface area contributed by atoms with Crippen LogP contribution in [0.3, 0.4) is 0 Å². The lowest BCUT2D eigenvalue weighted by atomic mass is 10.2. The van der Waals surface area contributed by atoms with Gasteiger partial charge in [-0.05, 0) is 5.56 Å². The maximum atomic E-state index is 6.39. The summed E-state index contributed by atoms with van der Waals surface area (Å²) in [5, 5.41) is 0. The van der Waals surface area contributed by atoms with Crippen LogP contribution in [-0.4, -0.2) is 8.07 Å². The summed E-state index contributed by atoms with van der Waals surface area (Å²) in [6.07, 6.45) is 0. The van der Waals surface area contributed by atoms with Crippen LogP contribution in [-0.2, 0) is 4.11 Å². The Kier molecular flexibility index (Phi) is 2.77. The monoisotopic (exact) mass is 260 g/mol. The molecule has 1 aromatic rings. The van der Waals surface area contributed by atoms with Crippen LogP contribution in [0.2, 0.25) is 19.6 Å². The molecule has 1 aliphatic rings. The molecule has 1 heterocycles. The van der Waals surface area contributed by atoms with E-state index in [9.17, 15) is 0 Å². The van der Waals surface area contributed by atoms with Gasteiger partial charge in [-0.1, -0.05) is 61.2 Å². The summed E-state index contributed by atoms with van der Waals surface area (Å²) in [6.45, 7) is 6.91. The van der Waals surface area contributed by atoms with Gasteiger partial charge in [0.05, 0.1) is 18.7 Å². The SMILES string of the molecule is C[Si](C)(C)C1(c2ccccc2)SP1Cl. The van der Waals surface area contributed by atoms with Crippen molar-refractivity contribution >= 4 is 37.2 Å². The smallest absolute Gasteiger partial charge is 0.0798 e. The highest BCUT2D eigenvalue weighted by Gasteiger charge is 2.64. The van der Waals surface area contributed by atoms with E-state index in [1.807, 2.05) is 11.4 Å². The zero-order valence-corrected chi connectivity index (χ0v) is 12.1. The Balaban J connectivity index is 2.42. The number of benzene rings is 1. The molecule has 1 aliphatic heterocycles. The van der Waals surface area contributed by atoms with Crippen LogP contribution in [0.15, 0.2) is 30.3 Å². The standard InChI is InChI=1S/C10H14ClPSSi/c1-14(2,3)10(12(11)13-10)9-7-5-4-6-8-9/h4-8H,1-3H3. The molecule has 0 spiro atoms. The van der Waals surface area contributed by atoms with Crippen molar-refractivity contribution in [3.63, 3.8) is 0 Å². The highest BCUT2D eigenvalue weighted by atomic mass is 35.7. The van der Waals surface area contributed by atoms with E-state index in [2.05, 4.69) is 50.0 Å². The molecular formula is C10H14ClPSSi. The summed E-state index contributed by atoms with van der Waals surface area (Å²) in [5.74, 6) is 0. The third kappa shape index (κ3) is 1.57. The van der Waals surface area contributed by atoms with Gasteiger partial charge < -0.3 is 0 Å². The minimum atomic E-state index is -1.22. The van der Waals surface area contributed by atoms with E-state index in [0.717, 1.165) is 0 Å². The van der Waals surface area contributed by atoms with Crippen LogP contribution in [0.25, 0.3) is 0 Å². The lowest BCUT2D eigenvalue weighted by molar-refractivity contribution is 1.22. The second kappa shape index (κ2) is 3.52. The third-order valence-corrected chi connectivity index (χ3v) is 16.3. The quantitative estimate of drug-likeness (QED) is 0.409. The Morgan fingerprint density at radius 1 is 1.21 bits per heavy atom. The Morgan fingerprint density at radius 3 is 2.07 bits per heavy atom. The molecule has 1 aromatic carbocycles. The molecule has 1 saturated heterocycles. The predicted octanol–water partition coefficient (Wildman–Crippen LogP) is 5.01. The lowest BCUT2D eigenvalue weighted by Gasteiger charge is -2.27. The first-order chi connectivity index (χ1) is 6.48. The van der Waals surface area contributed by atoms with E-state index in [4.69, 9.17) is 11.2 Å². The summed E-state index contributed by atoms with van der Waals surface area (Å²) in [4.78, 5) is 0. The first kappa shape index (κ1) is 11.0. The van der Waals surface area contributed by atoms with E-state index >= 15 is 0 Å². The molecule has 0 saturated carbocycles. The second-order valence-corrected chi connectivity index (χ2v) is 16.1. The molecule has 76 valence electrons. The summed E-state index contributed by atoms with van der Waals surface area (Å²) < 4.78 is 0.325. The van der Waals surface area contributed by atoms with Crippen molar-refractivity contribution in [1.82, 2.24) is 0 Å².